The second-order valence-corrected chi connectivity index (χ2v) is 4.41. The van der Waals surface area contributed by atoms with E-state index in [1.807, 2.05) is 24.3 Å². The number of aromatic nitrogens is 2. The maximum absolute atomic E-state index is 11.8. The van der Waals surface area contributed by atoms with Crippen LogP contribution in [0.3, 0.4) is 0 Å². The van der Waals surface area contributed by atoms with Gasteiger partial charge >= 0.3 is 0 Å². The molecule has 0 unspecified atom stereocenters. The topological polar surface area (TPSA) is 85.4 Å². The monoisotopic (exact) mass is 302 g/mol. The van der Waals surface area contributed by atoms with Gasteiger partial charge in [-0.05, 0) is 36.4 Å². The number of carbonyl (C=O) groups is 1. The standard InChI is InChI=1S/C15H18N4O3/c1-21-10-9-16-15(20)13-7-8-14(19-18-13)17-11-3-5-12(22-2)6-4-11/h3-8H,9-10H2,1-2H3,(H,16,20)(H,17,19). The SMILES string of the molecule is COCCNC(=O)c1ccc(Nc2ccc(OC)cc2)nn1. The summed E-state index contributed by atoms with van der Waals surface area (Å²) < 4.78 is 9.95. The van der Waals surface area contributed by atoms with Crippen molar-refractivity contribution in [2.24, 2.45) is 0 Å². The second kappa shape index (κ2) is 7.94. The van der Waals surface area contributed by atoms with Gasteiger partial charge in [0.2, 0.25) is 0 Å². The van der Waals surface area contributed by atoms with Crippen LogP contribution in [0.2, 0.25) is 0 Å². The Labute approximate surface area is 128 Å². The Kier molecular flexibility index (Phi) is 5.67. The molecule has 2 aromatic rings. The van der Waals surface area contributed by atoms with Crippen molar-refractivity contribution in [2.75, 3.05) is 32.7 Å². The molecule has 0 aliphatic rings. The van der Waals surface area contributed by atoms with E-state index in [0.717, 1.165) is 11.4 Å². The van der Waals surface area contributed by atoms with Crippen LogP contribution in [-0.4, -0.2) is 43.5 Å². The number of hydrogen-bond donors (Lipinski definition) is 2. The number of amides is 1. The number of benzene rings is 1. The lowest BCUT2D eigenvalue weighted by Crippen LogP contribution is -2.27. The molecule has 2 rings (SSSR count). The Morgan fingerprint density at radius 2 is 1.86 bits per heavy atom. The molecule has 0 saturated heterocycles. The summed E-state index contributed by atoms with van der Waals surface area (Å²) in [6, 6.07) is 10.7. The lowest BCUT2D eigenvalue weighted by molar-refractivity contribution is 0.0931. The molecular formula is C15H18N4O3. The van der Waals surface area contributed by atoms with Crippen molar-refractivity contribution < 1.29 is 14.3 Å². The number of methoxy groups -OCH3 is 2. The molecule has 2 N–H and O–H groups in total. The molecule has 1 aromatic heterocycles. The minimum Gasteiger partial charge on any atom is -0.497 e. The van der Waals surface area contributed by atoms with E-state index in [1.165, 1.54) is 0 Å². The average molecular weight is 302 g/mol. The van der Waals surface area contributed by atoms with Crippen molar-refractivity contribution in [3.63, 3.8) is 0 Å². The first-order chi connectivity index (χ1) is 10.7. The Hall–Kier alpha value is -2.67. The molecule has 1 amide bonds. The highest BCUT2D eigenvalue weighted by molar-refractivity contribution is 5.92. The normalized spacial score (nSPS) is 10.1. The molecular weight excluding hydrogens is 284 g/mol. The molecule has 0 bridgehead atoms. The van der Waals surface area contributed by atoms with Crippen molar-refractivity contribution in [3.05, 3.63) is 42.1 Å². The molecule has 1 heterocycles. The molecule has 7 heteroatoms. The van der Waals surface area contributed by atoms with Crippen LogP contribution in [0.25, 0.3) is 0 Å². The summed E-state index contributed by atoms with van der Waals surface area (Å²) in [6.45, 7) is 0.888. The molecule has 0 aliphatic heterocycles. The third-order valence-electron chi connectivity index (χ3n) is 2.85. The quantitative estimate of drug-likeness (QED) is 0.756. The van der Waals surface area contributed by atoms with Crippen molar-refractivity contribution >= 4 is 17.4 Å². The summed E-state index contributed by atoms with van der Waals surface area (Å²) >= 11 is 0. The highest BCUT2D eigenvalue weighted by atomic mass is 16.5. The van der Waals surface area contributed by atoms with Gasteiger partial charge in [-0.3, -0.25) is 4.79 Å². The van der Waals surface area contributed by atoms with Crippen LogP contribution < -0.4 is 15.4 Å². The summed E-state index contributed by atoms with van der Waals surface area (Å²) in [5.74, 6) is 1.05. The third kappa shape index (κ3) is 4.42. The number of carbonyl (C=O) groups excluding carboxylic acids is 1. The highest BCUT2D eigenvalue weighted by Gasteiger charge is 2.07. The predicted molar refractivity (Wildman–Crippen MR) is 82.5 cm³/mol. The van der Waals surface area contributed by atoms with Gasteiger partial charge < -0.3 is 20.1 Å². The van der Waals surface area contributed by atoms with Gasteiger partial charge in [-0.1, -0.05) is 0 Å². The highest BCUT2D eigenvalue weighted by Crippen LogP contribution is 2.18. The van der Waals surface area contributed by atoms with Gasteiger partial charge in [0.05, 0.1) is 13.7 Å². The first-order valence-electron chi connectivity index (χ1n) is 6.75. The van der Waals surface area contributed by atoms with Crippen LogP contribution in [0.1, 0.15) is 10.5 Å². The van der Waals surface area contributed by atoms with Crippen LogP contribution in [0.4, 0.5) is 11.5 Å². The largest absolute Gasteiger partial charge is 0.497 e. The van der Waals surface area contributed by atoms with Gasteiger partial charge in [-0.25, -0.2) is 0 Å². The zero-order valence-corrected chi connectivity index (χ0v) is 12.5. The Bertz CT molecular complexity index is 599. The second-order valence-electron chi connectivity index (χ2n) is 4.41. The number of nitrogens with zero attached hydrogens (tertiary/aromatic N) is 2. The molecule has 0 spiro atoms. The van der Waals surface area contributed by atoms with Gasteiger partial charge in [0, 0.05) is 19.3 Å². The fraction of sp³-hybridized carbons (Fsp3) is 0.267. The minimum atomic E-state index is -0.277. The van der Waals surface area contributed by atoms with Crippen LogP contribution in [0.5, 0.6) is 5.75 Å². The van der Waals surface area contributed by atoms with Crippen LogP contribution >= 0.6 is 0 Å². The van der Waals surface area contributed by atoms with E-state index < -0.39 is 0 Å². The molecule has 0 fully saturated rings. The lowest BCUT2D eigenvalue weighted by Gasteiger charge is -2.07. The Balaban J connectivity index is 1.94. The van der Waals surface area contributed by atoms with Crippen molar-refractivity contribution in [3.8, 4) is 5.75 Å². The summed E-state index contributed by atoms with van der Waals surface area (Å²) in [5, 5.41) is 13.7. The molecule has 0 aliphatic carbocycles. The maximum atomic E-state index is 11.8. The number of rotatable bonds is 7. The van der Waals surface area contributed by atoms with E-state index in [4.69, 9.17) is 9.47 Å². The van der Waals surface area contributed by atoms with Crippen LogP contribution in [-0.2, 0) is 4.74 Å². The number of nitrogens with one attached hydrogen (secondary N) is 2. The van der Waals surface area contributed by atoms with Crippen LogP contribution in [0.15, 0.2) is 36.4 Å². The fourth-order valence-electron chi connectivity index (χ4n) is 1.70. The van der Waals surface area contributed by atoms with E-state index in [9.17, 15) is 4.79 Å². The minimum absolute atomic E-state index is 0.261. The first kappa shape index (κ1) is 15.7. The van der Waals surface area contributed by atoms with E-state index in [2.05, 4.69) is 20.8 Å². The number of anilines is 2. The van der Waals surface area contributed by atoms with Gasteiger partial charge in [0.25, 0.3) is 5.91 Å². The van der Waals surface area contributed by atoms with Crippen molar-refractivity contribution in [2.45, 2.75) is 0 Å². The summed E-state index contributed by atoms with van der Waals surface area (Å²) in [5.41, 5.74) is 1.11. The molecule has 7 nitrogen and oxygen atoms in total. The molecule has 22 heavy (non-hydrogen) atoms. The van der Waals surface area contributed by atoms with Gasteiger partial charge in [0.15, 0.2) is 11.5 Å². The van der Waals surface area contributed by atoms with Gasteiger partial charge in [-0.2, -0.15) is 0 Å². The average Bonchev–Trinajstić information content (AvgIpc) is 2.56. The van der Waals surface area contributed by atoms with Crippen molar-refractivity contribution in [1.82, 2.24) is 15.5 Å². The zero-order valence-electron chi connectivity index (χ0n) is 12.5. The summed E-state index contributed by atoms with van der Waals surface area (Å²) in [7, 11) is 3.19. The lowest BCUT2D eigenvalue weighted by atomic mass is 10.3. The van der Waals surface area contributed by atoms with Gasteiger partial charge in [0.1, 0.15) is 5.75 Å². The Morgan fingerprint density at radius 3 is 2.45 bits per heavy atom. The predicted octanol–water partition coefficient (Wildman–Crippen LogP) is 1.60. The molecule has 1 aromatic carbocycles. The zero-order chi connectivity index (χ0) is 15.8. The van der Waals surface area contributed by atoms with Crippen LogP contribution in [0, 0.1) is 0 Å². The third-order valence-corrected chi connectivity index (χ3v) is 2.85. The number of hydrogen-bond acceptors (Lipinski definition) is 6. The Morgan fingerprint density at radius 1 is 1.09 bits per heavy atom. The molecule has 116 valence electrons. The van der Waals surface area contributed by atoms with E-state index in [1.54, 1.807) is 26.4 Å². The van der Waals surface area contributed by atoms with E-state index >= 15 is 0 Å². The van der Waals surface area contributed by atoms with Crippen molar-refractivity contribution in [1.29, 1.82) is 0 Å². The maximum Gasteiger partial charge on any atom is 0.271 e. The number of ether oxygens (including phenoxy) is 2. The smallest absolute Gasteiger partial charge is 0.271 e. The summed E-state index contributed by atoms with van der Waals surface area (Å²) in [6.07, 6.45) is 0. The molecule has 0 saturated carbocycles. The van der Waals surface area contributed by atoms with E-state index in [0.29, 0.717) is 19.0 Å². The van der Waals surface area contributed by atoms with E-state index in [-0.39, 0.29) is 11.6 Å². The molecule has 0 atom stereocenters. The molecule has 0 radical (unpaired) electrons. The van der Waals surface area contributed by atoms with Gasteiger partial charge in [-0.15, -0.1) is 10.2 Å². The first-order valence-corrected chi connectivity index (χ1v) is 6.75. The summed E-state index contributed by atoms with van der Waals surface area (Å²) in [4.78, 5) is 11.8. The fourth-order valence-corrected chi connectivity index (χ4v) is 1.70.